The number of carbonyl (C=O) groups is 4. The van der Waals surface area contributed by atoms with Crippen molar-refractivity contribution >= 4 is 46.2 Å². The van der Waals surface area contributed by atoms with Crippen molar-refractivity contribution in [1.82, 2.24) is 25.0 Å². The predicted molar refractivity (Wildman–Crippen MR) is 204 cm³/mol. The summed E-state index contributed by atoms with van der Waals surface area (Å²) in [5, 5.41) is 3.40. The van der Waals surface area contributed by atoms with E-state index in [0.29, 0.717) is 18.7 Å². The molecule has 2 aliphatic heterocycles. The number of hydrogen-bond donors (Lipinski definition) is 3. The van der Waals surface area contributed by atoms with Gasteiger partial charge in [0.25, 0.3) is 11.8 Å². The first-order valence-electron chi connectivity index (χ1n) is 16.7. The molecule has 0 aliphatic carbocycles. The van der Waals surface area contributed by atoms with Gasteiger partial charge in [-0.3, -0.25) is 29.5 Å². The minimum Gasteiger partial charge on any atom is -0.461 e. The normalized spacial score (nSPS) is 13.4. The molecule has 2 aliphatic rings. The zero-order valence-corrected chi connectivity index (χ0v) is 30.9. The second-order valence-electron chi connectivity index (χ2n) is 10.9. The summed E-state index contributed by atoms with van der Waals surface area (Å²) >= 11 is 0. The minimum atomic E-state index is -0.465. The van der Waals surface area contributed by atoms with E-state index in [4.69, 9.17) is 10.2 Å². The highest BCUT2D eigenvalue weighted by molar-refractivity contribution is 6.06. The molecule has 0 radical (unpaired) electrons. The number of furan rings is 1. The van der Waals surface area contributed by atoms with Crippen LogP contribution in [0.1, 0.15) is 79.0 Å². The molecule has 51 heavy (non-hydrogen) atoms. The fourth-order valence-corrected chi connectivity index (χ4v) is 4.91. The summed E-state index contributed by atoms with van der Waals surface area (Å²) in [4.78, 5) is 60.9. The molecule has 0 atom stereocenters. The third-order valence-electron chi connectivity index (χ3n) is 7.22. The van der Waals surface area contributed by atoms with Crippen molar-refractivity contribution in [2.75, 3.05) is 47.3 Å². The van der Waals surface area contributed by atoms with Crippen molar-refractivity contribution in [3.8, 4) is 25.7 Å². The molecule has 4 heterocycles. The monoisotopic (exact) mass is 702 g/mol. The molecule has 0 saturated carbocycles. The Balaban J connectivity index is 0.000000888. The van der Waals surface area contributed by atoms with Crippen molar-refractivity contribution in [2.45, 2.75) is 59.3 Å². The van der Waals surface area contributed by atoms with Crippen LogP contribution in [0.4, 0.5) is 5.69 Å². The number of guanidine groups is 1. The van der Waals surface area contributed by atoms with Crippen LogP contribution in [0, 0.1) is 32.6 Å². The third kappa shape index (κ3) is 15.2. The Hall–Kier alpha value is -5.66. The van der Waals surface area contributed by atoms with Gasteiger partial charge in [0, 0.05) is 51.7 Å². The molecule has 276 valence electrons. The Bertz CT molecular complexity index is 1580. The molecule has 2 aromatic heterocycles. The highest BCUT2D eigenvalue weighted by Gasteiger charge is 2.24. The maximum absolute atomic E-state index is 12.3. The second kappa shape index (κ2) is 25.3. The molecule has 4 amide bonds. The summed E-state index contributed by atoms with van der Waals surface area (Å²) in [5.41, 5.74) is 12.2. The van der Waals surface area contributed by atoms with E-state index >= 15 is 0 Å². The molecule has 0 unspecified atom stereocenters. The number of aliphatic imine (C=N–C) groups is 1. The van der Waals surface area contributed by atoms with Gasteiger partial charge >= 0.3 is 0 Å². The summed E-state index contributed by atoms with van der Waals surface area (Å²) in [7, 11) is 4.76. The van der Waals surface area contributed by atoms with Crippen LogP contribution in [-0.4, -0.2) is 96.6 Å². The molecule has 2 saturated heterocycles. The van der Waals surface area contributed by atoms with Crippen molar-refractivity contribution in [3.63, 3.8) is 0 Å². The zero-order valence-electron chi connectivity index (χ0n) is 30.9. The topological polar surface area (TPSA) is 180 Å². The highest BCUT2D eigenvalue weighted by atomic mass is 16.3. The fourth-order valence-electron chi connectivity index (χ4n) is 4.91. The number of nitrogens with zero attached hydrogens (tertiary/aromatic N) is 5. The van der Waals surface area contributed by atoms with Crippen LogP contribution in [0.5, 0.6) is 0 Å². The number of hydrogen-bond acceptors (Lipinski definition) is 8. The largest absolute Gasteiger partial charge is 0.461 e. The smallest absolute Gasteiger partial charge is 0.271 e. The lowest BCUT2D eigenvalue weighted by Crippen LogP contribution is -2.41. The van der Waals surface area contributed by atoms with Crippen LogP contribution >= 0.6 is 0 Å². The third-order valence-corrected chi connectivity index (χ3v) is 7.22. The number of pyridine rings is 1. The average molecular weight is 703 g/mol. The van der Waals surface area contributed by atoms with Crippen LogP contribution in [0.25, 0.3) is 11.0 Å². The van der Waals surface area contributed by atoms with Crippen molar-refractivity contribution in [2.24, 2.45) is 16.5 Å². The van der Waals surface area contributed by atoms with Crippen molar-refractivity contribution < 1.29 is 23.6 Å². The van der Waals surface area contributed by atoms with Crippen LogP contribution < -0.4 is 16.8 Å². The molecule has 0 spiro atoms. The number of fused-ring (bicyclic) bond motifs is 1. The minimum absolute atomic E-state index is 0.0481. The number of amides is 4. The number of likely N-dealkylation sites (tertiary alicyclic amines) is 2. The van der Waals surface area contributed by atoms with Crippen LogP contribution in [-0.2, 0) is 9.59 Å². The first-order valence-corrected chi connectivity index (χ1v) is 16.7. The maximum Gasteiger partial charge on any atom is 0.271 e. The SMILES string of the molecule is C#C.C#C.CC.CN.Cc1cc2cc(N=C(N)NC(=O)c3ccc(C(=O)N(C)C)nc3)ccc2o1.O=C(CN1CCCCCC1=O)N1CCCC1. The second-order valence-corrected chi connectivity index (χ2v) is 10.9. The molecule has 13 heteroatoms. The standard InChI is InChI=1S/C19H19N5O3.C12H20N2O2.C2H6.2C2H2.CH5N/c1-11-8-13-9-14(5-7-16(13)27-11)22-19(20)23-17(25)12-4-6-15(21-10-12)18(26)24(2)3;15-11-6-2-1-3-9-14(11)10-12(16)13-7-4-5-8-13;4*1-2/h4-10H,1-3H3,(H3,20,22,23,25);1-10H2;1-2H3;2*1-2H;2H2,1H3. The molecular weight excluding hydrogens is 648 g/mol. The van der Waals surface area contributed by atoms with Gasteiger partial charge in [-0.2, -0.15) is 0 Å². The van der Waals surface area contributed by atoms with Crippen molar-refractivity contribution in [1.29, 1.82) is 0 Å². The lowest BCUT2D eigenvalue weighted by molar-refractivity contribution is -0.139. The predicted octanol–water partition coefficient (Wildman–Crippen LogP) is 4.33. The van der Waals surface area contributed by atoms with Crippen LogP contribution in [0.15, 0.2) is 52.0 Å². The summed E-state index contributed by atoms with van der Waals surface area (Å²) < 4.78 is 5.51. The number of terminal acetylenes is 2. The maximum atomic E-state index is 12.3. The van der Waals surface area contributed by atoms with E-state index in [1.165, 1.54) is 30.3 Å². The lowest BCUT2D eigenvalue weighted by atomic mass is 10.2. The van der Waals surface area contributed by atoms with E-state index in [1.807, 2.05) is 37.8 Å². The number of carbonyl (C=O) groups excluding carboxylic acids is 4. The van der Waals surface area contributed by atoms with Crippen molar-refractivity contribution in [3.05, 3.63) is 59.6 Å². The van der Waals surface area contributed by atoms with Gasteiger partial charge in [0.15, 0.2) is 0 Å². The van der Waals surface area contributed by atoms with Crippen LogP contribution in [0.2, 0.25) is 0 Å². The fraction of sp³-hybridized carbons (Fsp3) is 0.421. The van der Waals surface area contributed by atoms with E-state index in [9.17, 15) is 19.2 Å². The van der Waals surface area contributed by atoms with Gasteiger partial charge < -0.3 is 30.6 Å². The molecule has 5 N–H and O–H groups in total. The van der Waals surface area contributed by atoms with Gasteiger partial charge in [0.1, 0.15) is 17.0 Å². The molecule has 1 aromatic carbocycles. The number of benzene rings is 1. The van der Waals surface area contributed by atoms with Gasteiger partial charge in [0.05, 0.1) is 17.8 Å². The molecular formula is C38H54N8O5. The quantitative estimate of drug-likeness (QED) is 0.200. The highest BCUT2D eigenvalue weighted by Crippen LogP contribution is 2.24. The molecule has 13 nitrogen and oxygen atoms in total. The first-order chi connectivity index (χ1) is 24.6. The number of nitrogens with one attached hydrogen (secondary N) is 1. The molecule has 2 fully saturated rings. The number of aromatic nitrogens is 1. The van der Waals surface area contributed by atoms with E-state index in [-0.39, 0.29) is 34.9 Å². The van der Waals surface area contributed by atoms with E-state index in [1.54, 1.807) is 31.1 Å². The van der Waals surface area contributed by atoms with Gasteiger partial charge in [0.2, 0.25) is 17.8 Å². The van der Waals surface area contributed by atoms with Gasteiger partial charge in [-0.05, 0) is 76.1 Å². The Morgan fingerprint density at radius 1 is 0.941 bits per heavy atom. The van der Waals surface area contributed by atoms with Gasteiger partial charge in [-0.1, -0.05) is 20.3 Å². The summed E-state index contributed by atoms with van der Waals surface area (Å²) in [6.45, 7) is 8.68. The first kappa shape index (κ1) is 45.3. The molecule has 5 rings (SSSR count). The Kier molecular flexibility index (Phi) is 22.5. The molecule has 3 aromatic rings. The number of rotatable bonds is 5. The van der Waals surface area contributed by atoms with E-state index < -0.39 is 5.91 Å². The molecule has 0 bridgehead atoms. The zero-order chi connectivity index (χ0) is 38.9. The summed E-state index contributed by atoms with van der Waals surface area (Å²) in [6, 6.07) is 10.2. The summed E-state index contributed by atoms with van der Waals surface area (Å²) in [5.74, 6) is 0.336. The summed E-state index contributed by atoms with van der Waals surface area (Å²) in [6.07, 6.45) is 23.3. The average Bonchev–Trinajstić information content (AvgIpc) is 3.79. The Morgan fingerprint density at radius 2 is 1.57 bits per heavy atom. The Morgan fingerprint density at radius 3 is 2.16 bits per heavy atom. The van der Waals surface area contributed by atoms with Gasteiger partial charge in [-0.25, -0.2) is 4.99 Å². The number of nitrogens with two attached hydrogens (primary N) is 2. The van der Waals surface area contributed by atoms with E-state index in [2.05, 4.69) is 46.7 Å². The lowest BCUT2D eigenvalue weighted by Gasteiger charge is -2.23. The van der Waals surface area contributed by atoms with E-state index in [0.717, 1.165) is 68.5 Å². The Labute approximate surface area is 302 Å². The van der Waals surface area contributed by atoms with Gasteiger partial charge in [-0.15, -0.1) is 25.7 Å². The number of aryl methyl sites for hydroxylation is 1. The van der Waals surface area contributed by atoms with Crippen LogP contribution in [0.3, 0.4) is 0 Å².